The van der Waals surface area contributed by atoms with Crippen molar-refractivity contribution in [2.24, 2.45) is 0 Å². The number of aliphatic hydroxyl groups excluding tert-OH is 1. The van der Waals surface area contributed by atoms with Crippen molar-refractivity contribution in [3.8, 4) is 11.7 Å². The third-order valence-corrected chi connectivity index (χ3v) is 2.71. The predicted octanol–water partition coefficient (Wildman–Crippen LogP) is 1.21. The molecular formula is C14H22ClN5O2. The molecule has 0 saturated heterocycles. The third-order valence-electron chi connectivity index (χ3n) is 2.71. The van der Waals surface area contributed by atoms with Crippen LogP contribution >= 0.6 is 12.4 Å². The molecule has 2 N–H and O–H groups in total. The summed E-state index contributed by atoms with van der Waals surface area (Å²) >= 11 is 0. The quantitative estimate of drug-likeness (QED) is 0.829. The second-order valence-electron chi connectivity index (χ2n) is 5.80. The molecule has 2 aromatic rings. The van der Waals surface area contributed by atoms with Crippen molar-refractivity contribution >= 4 is 12.4 Å². The van der Waals surface area contributed by atoms with Crippen molar-refractivity contribution in [2.45, 2.75) is 32.4 Å². The first-order valence-corrected chi connectivity index (χ1v) is 6.85. The minimum atomic E-state index is -0.634. The molecule has 0 bridgehead atoms. The number of para-hydroxylation sites is 1. The summed E-state index contributed by atoms with van der Waals surface area (Å²) in [6, 6.07) is 9.71. The Morgan fingerprint density at radius 3 is 2.59 bits per heavy atom. The van der Waals surface area contributed by atoms with Crippen LogP contribution in [0.25, 0.3) is 5.69 Å². The highest BCUT2D eigenvalue weighted by Gasteiger charge is 2.15. The first kappa shape index (κ1) is 18.3. The van der Waals surface area contributed by atoms with Crippen LogP contribution in [-0.4, -0.2) is 50.1 Å². The van der Waals surface area contributed by atoms with Crippen LogP contribution in [0.5, 0.6) is 6.01 Å². The van der Waals surface area contributed by atoms with Gasteiger partial charge in [-0.05, 0) is 43.3 Å². The molecule has 0 amide bonds. The summed E-state index contributed by atoms with van der Waals surface area (Å²) < 4.78 is 6.99. The molecule has 1 atom stereocenters. The SMILES string of the molecule is CC(C)(C)NCC(O)COc1nnnn1-c1ccccc1.Cl. The first-order chi connectivity index (χ1) is 9.96. The van der Waals surface area contributed by atoms with Gasteiger partial charge in [0.2, 0.25) is 0 Å². The molecule has 0 aliphatic carbocycles. The highest BCUT2D eigenvalue weighted by Crippen LogP contribution is 2.12. The van der Waals surface area contributed by atoms with Gasteiger partial charge in [0.05, 0.1) is 5.69 Å². The molecule has 122 valence electrons. The first-order valence-electron chi connectivity index (χ1n) is 6.85. The van der Waals surface area contributed by atoms with E-state index in [0.29, 0.717) is 6.54 Å². The van der Waals surface area contributed by atoms with E-state index in [1.165, 1.54) is 4.68 Å². The lowest BCUT2D eigenvalue weighted by molar-refractivity contribution is 0.0938. The van der Waals surface area contributed by atoms with Crippen LogP contribution in [0.3, 0.4) is 0 Å². The fraction of sp³-hybridized carbons (Fsp3) is 0.500. The molecular weight excluding hydrogens is 306 g/mol. The second-order valence-corrected chi connectivity index (χ2v) is 5.80. The molecule has 1 unspecified atom stereocenters. The minimum Gasteiger partial charge on any atom is -0.459 e. The van der Waals surface area contributed by atoms with Gasteiger partial charge < -0.3 is 15.2 Å². The Morgan fingerprint density at radius 2 is 1.95 bits per heavy atom. The highest BCUT2D eigenvalue weighted by molar-refractivity contribution is 5.85. The fourth-order valence-corrected chi connectivity index (χ4v) is 1.65. The van der Waals surface area contributed by atoms with Crippen molar-refractivity contribution in [1.82, 2.24) is 25.5 Å². The number of aliphatic hydroxyl groups is 1. The van der Waals surface area contributed by atoms with Gasteiger partial charge in [-0.3, -0.25) is 0 Å². The predicted molar refractivity (Wildman–Crippen MR) is 85.7 cm³/mol. The van der Waals surface area contributed by atoms with E-state index in [-0.39, 0.29) is 30.6 Å². The summed E-state index contributed by atoms with van der Waals surface area (Å²) in [6.45, 7) is 6.68. The lowest BCUT2D eigenvalue weighted by Crippen LogP contribution is -2.42. The van der Waals surface area contributed by atoms with Crippen LogP contribution < -0.4 is 10.1 Å². The summed E-state index contributed by atoms with van der Waals surface area (Å²) in [5, 5.41) is 24.4. The van der Waals surface area contributed by atoms with Crippen LogP contribution in [0.1, 0.15) is 20.8 Å². The summed E-state index contributed by atoms with van der Waals surface area (Å²) in [7, 11) is 0. The lowest BCUT2D eigenvalue weighted by atomic mass is 10.1. The van der Waals surface area contributed by atoms with Gasteiger partial charge in [0, 0.05) is 12.1 Å². The van der Waals surface area contributed by atoms with Crippen LogP contribution in [0.2, 0.25) is 0 Å². The van der Waals surface area contributed by atoms with E-state index in [9.17, 15) is 5.11 Å². The average molecular weight is 328 g/mol. The van der Waals surface area contributed by atoms with Gasteiger partial charge in [-0.2, -0.15) is 4.68 Å². The Labute approximate surface area is 136 Å². The molecule has 1 aromatic heterocycles. The third kappa shape index (κ3) is 5.59. The number of ether oxygens (including phenoxy) is 1. The number of tetrazole rings is 1. The molecule has 0 saturated carbocycles. The van der Waals surface area contributed by atoms with Gasteiger partial charge in [-0.1, -0.05) is 23.3 Å². The molecule has 1 aromatic carbocycles. The molecule has 0 aliphatic heterocycles. The second kappa shape index (κ2) is 8.07. The Bertz CT molecular complexity index is 556. The average Bonchev–Trinajstić information content (AvgIpc) is 2.91. The van der Waals surface area contributed by atoms with Gasteiger partial charge >= 0.3 is 6.01 Å². The number of hydrogen-bond donors (Lipinski definition) is 2. The number of rotatable bonds is 6. The van der Waals surface area contributed by atoms with Crippen LogP contribution in [0, 0.1) is 0 Å². The summed E-state index contributed by atoms with van der Waals surface area (Å²) in [5.41, 5.74) is 0.756. The monoisotopic (exact) mass is 327 g/mol. The summed E-state index contributed by atoms with van der Waals surface area (Å²) in [6.07, 6.45) is -0.634. The fourth-order valence-electron chi connectivity index (χ4n) is 1.65. The smallest absolute Gasteiger partial charge is 0.340 e. The van der Waals surface area contributed by atoms with Crippen molar-refractivity contribution in [3.05, 3.63) is 30.3 Å². The molecule has 7 nitrogen and oxygen atoms in total. The highest BCUT2D eigenvalue weighted by atomic mass is 35.5. The topological polar surface area (TPSA) is 85.1 Å². The molecule has 0 aliphatic rings. The van der Waals surface area contributed by atoms with Crippen molar-refractivity contribution in [2.75, 3.05) is 13.2 Å². The Balaban J connectivity index is 0.00000242. The number of nitrogens with one attached hydrogen (secondary N) is 1. The number of halogens is 1. The molecule has 22 heavy (non-hydrogen) atoms. The standard InChI is InChI=1S/C14H21N5O2.ClH/c1-14(2,3)15-9-12(20)10-21-13-16-17-18-19(13)11-7-5-4-6-8-11;/h4-8,12,15,20H,9-10H2,1-3H3;1H. The van der Waals surface area contributed by atoms with Gasteiger partial charge in [-0.15, -0.1) is 12.4 Å². The molecule has 8 heteroatoms. The zero-order valence-electron chi connectivity index (χ0n) is 12.9. The minimum absolute atomic E-state index is 0. The molecule has 0 fully saturated rings. The number of aromatic nitrogens is 4. The Kier molecular flexibility index (Phi) is 6.73. The number of β-amino-alcohol motifs (C(OH)–C–C–N with tert-alkyl or cyclic N) is 1. The normalized spacial score (nSPS) is 12.5. The lowest BCUT2D eigenvalue weighted by Gasteiger charge is -2.22. The van der Waals surface area contributed by atoms with Crippen molar-refractivity contribution < 1.29 is 9.84 Å². The molecule has 0 spiro atoms. The molecule has 0 radical (unpaired) electrons. The zero-order valence-corrected chi connectivity index (χ0v) is 13.7. The van der Waals surface area contributed by atoms with Crippen LogP contribution in [-0.2, 0) is 0 Å². The van der Waals surface area contributed by atoms with E-state index < -0.39 is 6.10 Å². The van der Waals surface area contributed by atoms with E-state index in [1.54, 1.807) is 0 Å². The summed E-state index contributed by atoms with van der Waals surface area (Å²) in [5.74, 6) is 0. The number of benzene rings is 1. The zero-order chi connectivity index (χ0) is 15.3. The van der Waals surface area contributed by atoms with Gasteiger partial charge in [0.15, 0.2) is 0 Å². The maximum atomic E-state index is 9.91. The van der Waals surface area contributed by atoms with E-state index in [1.807, 2.05) is 51.1 Å². The van der Waals surface area contributed by atoms with Gasteiger partial charge in [0.25, 0.3) is 0 Å². The van der Waals surface area contributed by atoms with E-state index >= 15 is 0 Å². The summed E-state index contributed by atoms with van der Waals surface area (Å²) in [4.78, 5) is 0. The van der Waals surface area contributed by atoms with E-state index in [0.717, 1.165) is 5.69 Å². The van der Waals surface area contributed by atoms with Crippen LogP contribution in [0.4, 0.5) is 0 Å². The van der Waals surface area contributed by atoms with E-state index in [4.69, 9.17) is 4.74 Å². The van der Waals surface area contributed by atoms with Crippen molar-refractivity contribution in [1.29, 1.82) is 0 Å². The largest absolute Gasteiger partial charge is 0.459 e. The van der Waals surface area contributed by atoms with Crippen molar-refractivity contribution in [3.63, 3.8) is 0 Å². The molecule has 1 heterocycles. The van der Waals surface area contributed by atoms with E-state index in [2.05, 4.69) is 20.8 Å². The van der Waals surface area contributed by atoms with Crippen LogP contribution in [0.15, 0.2) is 30.3 Å². The van der Waals surface area contributed by atoms with Gasteiger partial charge in [-0.25, -0.2) is 0 Å². The Hall–Kier alpha value is -1.70. The maximum Gasteiger partial charge on any atom is 0.340 e. The Morgan fingerprint density at radius 1 is 1.27 bits per heavy atom. The number of hydrogen-bond acceptors (Lipinski definition) is 6. The number of nitrogens with zero attached hydrogens (tertiary/aromatic N) is 4. The maximum absolute atomic E-state index is 9.91. The van der Waals surface area contributed by atoms with Gasteiger partial charge in [0.1, 0.15) is 12.7 Å². The molecule has 2 rings (SSSR count).